The van der Waals surface area contributed by atoms with Crippen LogP contribution in [0.2, 0.25) is 0 Å². The molecule has 1 aromatic carbocycles. The number of aliphatic hydroxyl groups excluding tert-OH is 1. The lowest BCUT2D eigenvalue weighted by atomic mass is 10.2. The Kier molecular flexibility index (Phi) is 5.92. The molecule has 0 unspecified atom stereocenters. The van der Waals surface area contributed by atoms with Crippen LogP contribution in [0.5, 0.6) is 0 Å². The molecule has 1 saturated heterocycles. The zero-order valence-corrected chi connectivity index (χ0v) is 14.1. The smallest absolute Gasteiger partial charge is 0.330 e. The molecule has 1 atom stereocenters. The summed E-state index contributed by atoms with van der Waals surface area (Å²) in [5.41, 5.74) is 0.178. The van der Waals surface area contributed by atoms with Crippen LogP contribution in [0.15, 0.2) is 29.2 Å². The number of amides is 1. The number of carbonyl (C=O) groups excluding carboxylic acids is 2. The summed E-state index contributed by atoms with van der Waals surface area (Å²) in [5, 5.41) is 11.4. The molecule has 24 heavy (non-hydrogen) atoms. The fraction of sp³-hybridized carbons (Fsp3) is 0.467. The third-order valence-electron chi connectivity index (χ3n) is 3.79. The van der Waals surface area contributed by atoms with Crippen LogP contribution in [-0.2, 0) is 19.6 Å². The van der Waals surface area contributed by atoms with Crippen LogP contribution in [0.25, 0.3) is 0 Å². The second-order valence-electron chi connectivity index (χ2n) is 5.37. The summed E-state index contributed by atoms with van der Waals surface area (Å²) in [6.45, 7) is 0.406. The van der Waals surface area contributed by atoms with Crippen molar-refractivity contribution in [3.05, 3.63) is 29.8 Å². The first-order valence-corrected chi connectivity index (χ1v) is 8.94. The number of sulfonamides is 1. The third-order valence-corrected chi connectivity index (χ3v) is 5.71. The summed E-state index contributed by atoms with van der Waals surface area (Å²) in [5.74, 6) is -1.37. The predicted molar refractivity (Wildman–Crippen MR) is 84.8 cm³/mol. The molecule has 1 aromatic rings. The summed E-state index contributed by atoms with van der Waals surface area (Å²) < 4.78 is 30.7. The van der Waals surface area contributed by atoms with Crippen molar-refractivity contribution in [2.45, 2.75) is 23.8 Å². The Hall–Kier alpha value is -1.97. The highest BCUT2D eigenvalue weighted by molar-refractivity contribution is 7.89. The van der Waals surface area contributed by atoms with Crippen molar-refractivity contribution < 1.29 is 27.9 Å². The predicted octanol–water partition coefficient (Wildman–Crippen LogP) is -0.265. The van der Waals surface area contributed by atoms with Gasteiger partial charge in [0.2, 0.25) is 10.0 Å². The van der Waals surface area contributed by atoms with Crippen molar-refractivity contribution in [2.75, 3.05) is 26.8 Å². The molecule has 8 nitrogen and oxygen atoms in total. The Bertz CT molecular complexity index is 695. The summed E-state index contributed by atoms with van der Waals surface area (Å²) in [7, 11) is -2.39. The highest BCUT2D eigenvalue weighted by atomic mass is 32.2. The van der Waals surface area contributed by atoms with Crippen LogP contribution >= 0.6 is 0 Å². The zero-order valence-electron chi connectivity index (χ0n) is 13.3. The molecule has 2 N–H and O–H groups in total. The Labute approximate surface area is 140 Å². The van der Waals surface area contributed by atoms with Crippen LogP contribution < -0.4 is 5.32 Å². The molecule has 0 radical (unpaired) electrons. The maximum Gasteiger partial charge on any atom is 0.330 e. The molecule has 1 heterocycles. The van der Waals surface area contributed by atoms with Crippen molar-refractivity contribution in [3.8, 4) is 0 Å². The number of aliphatic hydroxyl groups is 1. The molecule has 1 amide bonds. The van der Waals surface area contributed by atoms with E-state index in [0.29, 0.717) is 13.1 Å². The SMILES string of the molecule is COC(=O)[C@@H](CO)NC(=O)c1ccc(S(=O)(=O)N2CCCC2)cc1. The number of rotatable bonds is 6. The van der Waals surface area contributed by atoms with Gasteiger partial charge in [-0.2, -0.15) is 4.31 Å². The van der Waals surface area contributed by atoms with Crippen LogP contribution in [0.1, 0.15) is 23.2 Å². The molecule has 9 heteroatoms. The summed E-state index contributed by atoms with van der Waals surface area (Å²) >= 11 is 0. The molecule has 0 spiro atoms. The summed E-state index contributed by atoms with van der Waals surface area (Å²) in [4.78, 5) is 23.5. The molecular weight excluding hydrogens is 336 g/mol. The molecule has 132 valence electrons. The van der Waals surface area contributed by atoms with E-state index in [1.54, 1.807) is 0 Å². The van der Waals surface area contributed by atoms with Crippen LogP contribution in [0, 0.1) is 0 Å². The number of benzene rings is 1. The monoisotopic (exact) mass is 356 g/mol. The number of esters is 1. The van der Waals surface area contributed by atoms with E-state index in [1.807, 2.05) is 0 Å². The lowest BCUT2D eigenvalue weighted by Gasteiger charge is -2.16. The van der Waals surface area contributed by atoms with Crippen LogP contribution in [-0.4, -0.2) is 62.6 Å². The molecule has 1 aliphatic rings. The number of nitrogens with zero attached hydrogens (tertiary/aromatic N) is 1. The summed E-state index contributed by atoms with van der Waals surface area (Å²) in [6.07, 6.45) is 1.69. The lowest BCUT2D eigenvalue weighted by molar-refractivity contribution is -0.143. The van der Waals surface area contributed by atoms with Crippen LogP contribution in [0.4, 0.5) is 0 Å². The highest BCUT2D eigenvalue weighted by Gasteiger charge is 2.27. The summed E-state index contributed by atoms with van der Waals surface area (Å²) in [6, 6.07) is 4.27. The molecule has 0 aromatic heterocycles. The molecule has 2 rings (SSSR count). The molecular formula is C15H20N2O6S. The number of hydrogen-bond donors (Lipinski definition) is 2. The van der Waals surface area contributed by atoms with Crippen LogP contribution in [0.3, 0.4) is 0 Å². The van der Waals surface area contributed by atoms with Crippen molar-refractivity contribution in [2.24, 2.45) is 0 Å². The first-order chi connectivity index (χ1) is 11.4. The maximum atomic E-state index is 12.4. The average molecular weight is 356 g/mol. The van der Waals surface area contributed by atoms with Gasteiger partial charge in [-0.15, -0.1) is 0 Å². The van der Waals surface area contributed by atoms with E-state index in [1.165, 1.54) is 28.6 Å². The quantitative estimate of drug-likeness (QED) is 0.679. The first-order valence-electron chi connectivity index (χ1n) is 7.50. The standard InChI is InChI=1S/C15H20N2O6S/c1-23-15(20)13(10-18)16-14(19)11-4-6-12(7-5-11)24(21,22)17-8-2-3-9-17/h4-7,13,18H,2-3,8-10H2,1H3,(H,16,19)/t13-/m1/s1. The van der Waals surface area contributed by atoms with Gasteiger partial charge in [0.1, 0.15) is 0 Å². The van der Waals surface area contributed by atoms with E-state index < -0.39 is 34.5 Å². The van der Waals surface area contributed by atoms with Gasteiger partial charge >= 0.3 is 5.97 Å². The fourth-order valence-electron chi connectivity index (χ4n) is 2.42. The van der Waals surface area contributed by atoms with Gasteiger partial charge in [0.05, 0.1) is 18.6 Å². The molecule has 0 saturated carbocycles. The Morgan fingerprint density at radius 1 is 1.25 bits per heavy atom. The fourth-order valence-corrected chi connectivity index (χ4v) is 3.94. The zero-order chi connectivity index (χ0) is 17.7. The minimum atomic E-state index is -3.54. The number of ether oxygens (including phenoxy) is 1. The Morgan fingerprint density at radius 2 is 1.83 bits per heavy atom. The number of nitrogens with one attached hydrogen (secondary N) is 1. The number of methoxy groups -OCH3 is 1. The van der Waals surface area contributed by atoms with Gasteiger partial charge in [-0.3, -0.25) is 4.79 Å². The highest BCUT2D eigenvalue weighted by Crippen LogP contribution is 2.21. The molecule has 1 fully saturated rings. The molecule has 0 bridgehead atoms. The molecule has 1 aliphatic heterocycles. The van der Waals surface area contributed by atoms with Gasteiger partial charge in [0.25, 0.3) is 5.91 Å². The van der Waals surface area contributed by atoms with E-state index in [-0.39, 0.29) is 10.5 Å². The van der Waals surface area contributed by atoms with E-state index in [9.17, 15) is 18.0 Å². The topological polar surface area (TPSA) is 113 Å². The largest absolute Gasteiger partial charge is 0.467 e. The van der Waals surface area contributed by atoms with E-state index >= 15 is 0 Å². The van der Waals surface area contributed by atoms with Crippen molar-refractivity contribution in [3.63, 3.8) is 0 Å². The van der Waals surface area contributed by atoms with E-state index in [0.717, 1.165) is 20.0 Å². The van der Waals surface area contributed by atoms with Crippen molar-refractivity contribution in [1.82, 2.24) is 9.62 Å². The number of hydrogen-bond acceptors (Lipinski definition) is 6. The van der Waals surface area contributed by atoms with Crippen molar-refractivity contribution >= 4 is 21.9 Å². The third kappa shape index (κ3) is 3.92. The average Bonchev–Trinajstić information content (AvgIpc) is 3.14. The Morgan fingerprint density at radius 3 is 2.33 bits per heavy atom. The normalized spacial score (nSPS) is 16.6. The van der Waals surface area contributed by atoms with E-state index in [4.69, 9.17) is 5.11 Å². The number of carbonyl (C=O) groups is 2. The Balaban J connectivity index is 2.11. The van der Waals surface area contributed by atoms with E-state index in [2.05, 4.69) is 10.1 Å². The van der Waals surface area contributed by atoms with Gasteiger partial charge < -0.3 is 15.2 Å². The van der Waals surface area contributed by atoms with Crippen molar-refractivity contribution in [1.29, 1.82) is 0 Å². The minimum absolute atomic E-state index is 0.118. The van der Waals surface area contributed by atoms with Gasteiger partial charge in [0, 0.05) is 18.7 Å². The van der Waals surface area contributed by atoms with Gasteiger partial charge in [0.15, 0.2) is 6.04 Å². The lowest BCUT2D eigenvalue weighted by Crippen LogP contribution is -2.44. The minimum Gasteiger partial charge on any atom is -0.467 e. The van der Waals surface area contributed by atoms with Gasteiger partial charge in [-0.05, 0) is 37.1 Å². The van der Waals surface area contributed by atoms with Gasteiger partial charge in [-0.25, -0.2) is 13.2 Å². The first kappa shape index (κ1) is 18.4. The second-order valence-corrected chi connectivity index (χ2v) is 7.31. The molecule has 0 aliphatic carbocycles. The maximum absolute atomic E-state index is 12.4. The van der Waals surface area contributed by atoms with Gasteiger partial charge in [-0.1, -0.05) is 0 Å². The second kappa shape index (κ2) is 7.73.